The molecule has 1 aromatic heterocycles. The van der Waals surface area contributed by atoms with E-state index >= 15 is 0 Å². The number of rotatable bonds is 7. The Hall–Kier alpha value is -3.74. The molecule has 0 atom stereocenters. The third-order valence-corrected chi connectivity index (χ3v) is 5.34. The lowest BCUT2D eigenvalue weighted by Crippen LogP contribution is -2.35. The molecule has 32 heavy (non-hydrogen) atoms. The molecule has 0 bridgehead atoms. The highest BCUT2D eigenvalue weighted by atomic mass is 16.5. The Morgan fingerprint density at radius 2 is 1.75 bits per heavy atom. The van der Waals surface area contributed by atoms with Crippen LogP contribution < -0.4 is 14.8 Å². The molecule has 0 aliphatic carbocycles. The van der Waals surface area contributed by atoms with Crippen LogP contribution in [-0.2, 0) is 6.61 Å². The van der Waals surface area contributed by atoms with Gasteiger partial charge in [-0.2, -0.15) is 0 Å². The van der Waals surface area contributed by atoms with Gasteiger partial charge in [0.25, 0.3) is 11.8 Å². The molecule has 2 heterocycles. The number of anilines is 1. The summed E-state index contributed by atoms with van der Waals surface area (Å²) >= 11 is 0. The van der Waals surface area contributed by atoms with E-state index in [4.69, 9.17) is 13.9 Å². The van der Waals surface area contributed by atoms with E-state index in [1.807, 2.05) is 17.0 Å². The van der Waals surface area contributed by atoms with Gasteiger partial charge in [0, 0.05) is 24.3 Å². The van der Waals surface area contributed by atoms with Crippen molar-refractivity contribution < 1.29 is 23.5 Å². The normalized spacial score (nSPS) is 13.5. The summed E-state index contributed by atoms with van der Waals surface area (Å²) in [6.45, 7) is 1.72. The average Bonchev–Trinajstić information content (AvgIpc) is 3.32. The number of carbonyl (C=O) groups excluding carboxylic acids is 2. The van der Waals surface area contributed by atoms with Crippen molar-refractivity contribution >= 4 is 17.5 Å². The van der Waals surface area contributed by atoms with Crippen molar-refractivity contribution in [3.05, 3.63) is 77.7 Å². The van der Waals surface area contributed by atoms with Crippen LogP contribution in [0.5, 0.6) is 11.5 Å². The SMILES string of the molecule is COc1ccccc1OCc1ccc(C(=O)Nc2cccc(C(=O)N3CCCCC3)c2)o1. The van der Waals surface area contributed by atoms with E-state index in [-0.39, 0.29) is 18.3 Å². The van der Waals surface area contributed by atoms with Crippen LogP contribution in [0.2, 0.25) is 0 Å². The van der Waals surface area contributed by atoms with Gasteiger partial charge < -0.3 is 24.1 Å². The van der Waals surface area contributed by atoms with Gasteiger partial charge in [0.15, 0.2) is 17.3 Å². The Kier molecular flexibility index (Phi) is 6.75. The van der Waals surface area contributed by atoms with E-state index in [1.54, 1.807) is 55.6 Å². The minimum absolute atomic E-state index is 0.00503. The monoisotopic (exact) mass is 434 g/mol. The maximum atomic E-state index is 12.7. The molecule has 1 N–H and O–H groups in total. The molecule has 0 unspecified atom stereocenters. The number of para-hydroxylation sites is 2. The number of ether oxygens (including phenoxy) is 2. The second-order valence-corrected chi connectivity index (χ2v) is 7.59. The van der Waals surface area contributed by atoms with Gasteiger partial charge in [-0.05, 0) is 61.7 Å². The molecular weight excluding hydrogens is 408 g/mol. The molecule has 1 saturated heterocycles. The predicted octanol–water partition coefficient (Wildman–Crippen LogP) is 4.75. The van der Waals surface area contributed by atoms with Gasteiger partial charge in [-0.1, -0.05) is 18.2 Å². The van der Waals surface area contributed by atoms with Crippen molar-refractivity contribution in [2.75, 3.05) is 25.5 Å². The largest absolute Gasteiger partial charge is 0.493 e. The maximum absolute atomic E-state index is 12.7. The highest BCUT2D eigenvalue weighted by molar-refractivity contribution is 6.03. The number of hydrogen-bond acceptors (Lipinski definition) is 5. The number of piperidine rings is 1. The molecule has 166 valence electrons. The van der Waals surface area contributed by atoms with Crippen molar-refractivity contribution in [1.82, 2.24) is 4.90 Å². The number of likely N-dealkylation sites (tertiary alicyclic amines) is 1. The summed E-state index contributed by atoms with van der Waals surface area (Å²) in [5.74, 6) is 1.49. The highest BCUT2D eigenvalue weighted by Crippen LogP contribution is 2.27. The number of amides is 2. The van der Waals surface area contributed by atoms with Crippen molar-refractivity contribution in [1.29, 1.82) is 0 Å². The van der Waals surface area contributed by atoms with Gasteiger partial charge in [0.05, 0.1) is 7.11 Å². The van der Waals surface area contributed by atoms with E-state index in [9.17, 15) is 9.59 Å². The Balaban J connectivity index is 1.37. The Bertz CT molecular complexity index is 1090. The molecule has 1 fully saturated rings. The average molecular weight is 434 g/mol. The summed E-state index contributed by atoms with van der Waals surface area (Å²) in [6, 6.07) is 17.6. The smallest absolute Gasteiger partial charge is 0.291 e. The lowest BCUT2D eigenvalue weighted by molar-refractivity contribution is 0.0724. The molecule has 7 heteroatoms. The quantitative estimate of drug-likeness (QED) is 0.581. The number of nitrogens with zero attached hydrogens (tertiary/aromatic N) is 1. The highest BCUT2D eigenvalue weighted by Gasteiger charge is 2.19. The van der Waals surface area contributed by atoms with Crippen LogP contribution in [0.15, 0.2) is 65.1 Å². The zero-order valence-electron chi connectivity index (χ0n) is 18.0. The first-order chi connectivity index (χ1) is 15.6. The second kappa shape index (κ2) is 10.0. The molecule has 1 aliphatic rings. The van der Waals surface area contributed by atoms with E-state index in [2.05, 4.69) is 5.32 Å². The number of carbonyl (C=O) groups is 2. The summed E-state index contributed by atoms with van der Waals surface area (Å²) < 4.78 is 16.6. The topological polar surface area (TPSA) is 81.0 Å². The molecule has 1 aliphatic heterocycles. The third-order valence-electron chi connectivity index (χ3n) is 5.34. The van der Waals surface area contributed by atoms with Crippen LogP contribution in [0.1, 0.15) is 45.9 Å². The molecule has 3 aromatic rings. The van der Waals surface area contributed by atoms with E-state index in [1.165, 1.54) is 0 Å². The lowest BCUT2D eigenvalue weighted by Gasteiger charge is -2.26. The number of benzene rings is 2. The number of nitrogens with one attached hydrogen (secondary N) is 1. The van der Waals surface area contributed by atoms with Crippen LogP contribution in [0, 0.1) is 0 Å². The predicted molar refractivity (Wildman–Crippen MR) is 120 cm³/mol. The summed E-state index contributed by atoms with van der Waals surface area (Å²) in [6.07, 6.45) is 3.22. The fourth-order valence-electron chi connectivity index (χ4n) is 3.67. The molecule has 4 rings (SSSR count). The maximum Gasteiger partial charge on any atom is 0.291 e. The first-order valence-electron chi connectivity index (χ1n) is 10.7. The fourth-order valence-corrected chi connectivity index (χ4v) is 3.67. The zero-order chi connectivity index (χ0) is 22.3. The van der Waals surface area contributed by atoms with Crippen LogP contribution in [0.3, 0.4) is 0 Å². The summed E-state index contributed by atoms with van der Waals surface area (Å²) in [7, 11) is 1.58. The third kappa shape index (κ3) is 5.11. The van der Waals surface area contributed by atoms with Gasteiger partial charge in [-0.25, -0.2) is 0 Å². The van der Waals surface area contributed by atoms with Crippen LogP contribution >= 0.6 is 0 Å². The molecule has 0 radical (unpaired) electrons. The Labute approximate surface area is 186 Å². The van der Waals surface area contributed by atoms with Crippen molar-refractivity contribution in [2.45, 2.75) is 25.9 Å². The summed E-state index contributed by atoms with van der Waals surface area (Å²) in [4.78, 5) is 27.2. The second-order valence-electron chi connectivity index (χ2n) is 7.59. The molecule has 0 spiro atoms. The van der Waals surface area contributed by atoms with Crippen molar-refractivity contribution in [3.8, 4) is 11.5 Å². The fraction of sp³-hybridized carbons (Fsp3) is 0.280. The Morgan fingerprint density at radius 3 is 2.53 bits per heavy atom. The molecule has 2 amide bonds. The lowest BCUT2D eigenvalue weighted by atomic mass is 10.1. The minimum Gasteiger partial charge on any atom is -0.493 e. The van der Waals surface area contributed by atoms with E-state index in [0.717, 1.165) is 32.4 Å². The summed E-state index contributed by atoms with van der Waals surface area (Å²) in [5.41, 5.74) is 1.11. The van der Waals surface area contributed by atoms with Crippen LogP contribution in [-0.4, -0.2) is 36.9 Å². The first kappa shape index (κ1) is 21.5. The minimum atomic E-state index is -0.392. The van der Waals surface area contributed by atoms with Crippen molar-refractivity contribution in [3.63, 3.8) is 0 Å². The van der Waals surface area contributed by atoms with Gasteiger partial charge in [0.2, 0.25) is 0 Å². The van der Waals surface area contributed by atoms with E-state index in [0.29, 0.717) is 28.5 Å². The van der Waals surface area contributed by atoms with Crippen molar-refractivity contribution in [2.24, 2.45) is 0 Å². The number of hydrogen-bond donors (Lipinski definition) is 1. The van der Waals surface area contributed by atoms with Gasteiger partial charge in [-0.3, -0.25) is 9.59 Å². The van der Waals surface area contributed by atoms with Crippen LogP contribution in [0.4, 0.5) is 5.69 Å². The standard InChI is InChI=1S/C25H26N2O5/c1-30-21-10-3-4-11-22(21)31-17-20-12-13-23(32-20)24(28)26-19-9-7-8-18(16-19)25(29)27-14-5-2-6-15-27/h3-4,7-13,16H,2,5-6,14-15,17H2,1H3,(H,26,28). The summed E-state index contributed by atoms with van der Waals surface area (Å²) in [5, 5.41) is 2.80. The molecular formula is C25H26N2O5. The zero-order valence-corrected chi connectivity index (χ0v) is 18.0. The molecule has 2 aromatic carbocycles. The Morgan fingerprint density at radius 1 is 0.969 bits per heavy atom. The number of furan rings is 1. The van der Waals surface area contributed by atoms with Gasteiger partial charge >= 0.3 is 0 Å². The van der Waals surface area contributed by atoms with Crippen LogP contribution in [0.25, 0.3) is 0 Å². The molecule has 0 saturated carbocycles. The van der Waals surface area contributed by atoms with Gasteiger partial charge in [-0.15, -0.1) is 0 Å². The first-order valence-corrected chi connectivity index (χ1v) is 10.7. The van der Waals surface area contributed by atoms with Gasteiger partial charge in [0.1, 0.15) is 12.4 Å². The van der Waals surface area contributed by atoms with E-state index < -0.39 is 5.91 Å². The number of methoxy groups -OCH3 is 1. The molecule has 7 nitrogen and oxygen atoms in total.